The third kappa shape index (κ3) is 4.40. The van der Waals surface area contributed by atoms with Gasteiger partial charge in [0.25, 0.3) is 0 Å². The molecule has 21 heavy (non-hydrogen) atoms. The average molecular weight is 313 g/mol. The highest BCUT2D eigenvalue weighted by molar-refractivity contribution is 7.32. The normalized spacial score (nSPS) is 13.5. The molecule has 0 saturated carbocycles. The molecule has 1 unspecified atom stereocenters. The van der Waals surface area contributed by atoms with Gasteiger partial charge in [-0.1, -0.05) is 58.0 Å². The Balaban J connectivity index is 3.08. The first-order valence-electron chi connectivity index (χ1n) is 7.03. The van der Waals surface area contributed by atoms with Crippen LogP contribution in [0.2, 0.25) is 0 Å². The van der Waals surface area contributed by atoms with Crippen molar-refractivity contribution in [1.82, 2.24) is 5.32 Å². The molecule has 0 heterocycles. The van der Waals surface area contributed by atoms with Gasteiger partial charge in [0, 0.05) is 0 Å². The van der Waals surface area contributed by atoms with Gasteiger partial charge in [0.1, 0.15) is 6.61 Å². The maximum atomic E-state index is 12.1. The molecule has 0 aliphatic rings. The van der Waals surface area contributed by atoms with Gasteiger partial charge in [0.15, 0.2) is 0 Å². The summed E-state index contributed by atoms with van der Waals surface area (Å²) < 4.78 is 15.1. The molecule has 1 aromatic rings. The number of hydrogen-bond acceptors (Lipinski definition) is 3. The van der Waals surface area contributed by atoms with Crippen molar-refractivity contribution in [3.63, 3.8) is 0 Å². The van der Waals surface area contributed by atoms with Gasteiger partial charge in [0.05, 0.1) is 5.54 Å². The summed E-state index contributed by atoms with van der Waals surface area (Å²) in [5.74, 6) is -0.0985. The first kappa shape index (κ1) is 17.9. The molecule has 0 saturated heterocycles. The Labute approximate surface area is 126 Å². The lowest BCUT2D eigenvalue weighted by molar-refractivity contribution is -0.126. The zero-order chi connectivity index (χ0) is 16.0. The molecule has 0 aliphatic heterocycles. The molecule has 1 amide bonds. The van der Waals surface area contributed by atoms with Crippen LogP contribution in [0.15, 0.2) is 30.3 Å². The quantitative estimate of drug-likeness (QED) is 0.759. The summed E-state index contributed by atoms with van der Waals surface area (Å²) in [5, 5.41) is 3.00. The van der Waals surface area contributed by atoms with Crippen molar-refractivity contribution in [2.24, 2.45) is 11.8 Å². The van der Waals surface area contributed by atoms with E-state index in [0.29, 0.717) is 0 Å². The number of rotatable bonds is 7. The van der Waals surface area contributed by atoms with Crippen LogP contribution in [-0.2, 0) is 19.4 Å². The highest BCUT2D eigenvalue weighted by Crippen LogP contribution is 2.37. The van der Waals surface area contributed by atoms with Gasteiger partial charge in [-0.15, -0.1) is 0 Å². The van der Waals surface area contributed by atoms with E-state index in [1.54, 1.807) is 0 Å². The molecule has 0 aliphatic carbocycles. The largest absolute Gasteiger partial charge is 0.344 e. The van der Waals surface area contributed by atoms with Crippen molar-refractivity contribution >= 4 is 14.2 Å². The van der Waals surface area contributed by atoms with Gasteiger partial charge in [-0.25, -0.2) is 0 Å². The van der Waals surface area contributed by atoms with Gasteiger partial charge in [-0.2, -0.15) is 0 Å². The highest BCUT2D eigenvalue weighted by Gasteiger charge is 2.40. The summed E-state index contributed by atoms with van der Waals surface area (Å²) in [4.78, 5) is 20.8. The molecular weight excluding hydrogens is 289 g/mol. The number of amides is 1. The Kier molecular flexibility index (Phi) is 6.59. The van der Waals surface area contributed by atoms with Crippen molar-refractivity contribution in [1.29, 1.82) is 0 Å². The zero-order valence-electron chi connectivity index (χ0n) is 12.9. The minimum atomic E-state index is -3.10. The van der Waals surface area contributed by atoms with Crippen molar-refractivity contribution < 1.29 is 18.8 Å². The van der Waals surface area contributed by atoms with E-state index in [-0.39, 0.29) is 11.8 Å². The van der Waals surface area contributed by atoms with Crippen LogP contribution in [0.3, 0.4) is 0 Å². The smallest absolute Gasteiger partial charge is 0.317 e. The first-order chi connectivity index (χ1) is 9.80. The maximum Gasteiger partial charge on any atom is 0.317 e. The molecule has 0 spiro atoms. The predicted molar refractivity (Wildman–Crippen MR) is 83.1 cm³/mol. The van der Waals surface area contributed by atoms with E-state index < -0.39 is 26.3 Å². The summed E-state index contributed by atoms with van der Waals surface area (Å²) >= 11 is 0. The average Bonchev–Trinajstić information content (AvgIpc) is 2.42. The van der Waals surface area contributed by atoms with Gasteiger partial charge >= 0.3 is 8.25 Å². The summed E-state index contributed by atoms with van der Waals surface area (Å²) in [5.41, 5.74) is 0.465. The van der Waals surface area contributed by atoms with Gasteiger partial charge < -0.3 is 14.7 Å². The van der Waals surface area contributed by atoms with Crippen molar-refractivity contribution in [3.8, 4) is 0 Å². The second-order valence-electron chi connectivity index (χ2n) is 5.65. The fraction of sp³-hybridized carbons (Fsp3) is 0.533. The molecule has 0 fully saturated rings. The van der Waals surface area contributed by atoms with Crippen LogP contribution in [-0.4, -0.2) is 17.4 Å². The molecule has 0 radical (unpaired) electrons. The number of carbonyl (C=O) groups is 1. The molecule has 2 N–H and O–H groups in total. The number of nitrogens with one attached hydrogen (secondary N) is 1. The molecule has 5 nitrogen and oxygen atoms in total. The van der Waals surface area contributed by atoms with E-state index in [4.69, 9.17) is 4.89 Å². The molecule has 1 rings (SSSR count). The third-order valence-corrected chi connectivity index (χ3v) is 4.14. The maximum absolute atomic E-state index is 12.1. The summed E-state index contributed by atoms with van der Waals surface area (Å²) in [6.45, 7) is 7.76. The van der Waals surface area contributed by atoms with Crippen LogP contribution < -0.4 is 5.32 Å². The van der Waals surface area contributed by atoms with E-state index >= 15 is 0 Å². The fourth-order valence-corrected chi connectivity index (χ4v) is 3.06. The minimum absolute atomic E-state index is 0.148. The Morgan fingerprint density at radius 3 is 2.19 bits per heavy atom. The Bertz CT molecular complexity index is 480. The predicted octanol–water partition coefficient (Wildman–Crippen LogP) is 2.71. The lowest BCUT2D eigenvalue weighted by Crippen LogP contribution is -2.54. The Hall–Kier alpha value is -1.16. The molecule has 1 aromatic carbocycles. The van der Waals surface area contributed by atoms with E-state index in [1.807, 2.05) is 58.0 Å². The van der Waals surface area contributed by atoms with E-state index in [9.17, 15) is 9.36 Å². The second-order valence-corrected chi connectivity index (χ2v) is 6.47. The van der Waals surface area contributed by atoms with Crippen LogP contribution in [0.25, 0.3) is 0 Å². The van der Waals surface area contributed by atoms with E-state index in [0.717, 1.165) is 5.56 Å². The topological polar surface area (TPSA) is 75.6 Å². The summed E-state index contributed by atoms with van der Waals surface area (Å²) in [6.07, 6.45) is 0. The van der Waals surface area contributed by atoms with Gasteiger partial charge in [-0.05, 0) is 17.4 Å². The summed E-state index contributed by atoms with van der Waals surface area (Å²) in [7, 11) is -3.10. The molecule has 118 valence electrons. The van der Waals surface area contributed by atoms with E-state index in [2.05, 4.69) is 9.84 Å². The standard InChI is InChI=1S/C15H24NO4P/c1-11(2)15(12(3)4,13-8-6-5-7-9-13)16-14(17)10-20-21(18)19/h5-9,11-12,21H,10H2,1-4H3,(H,16,17)(H,18,19). The molecule has 0 bridgehead atoms. The van der Waals surface area contributed by atoms with Crippen LogP contribution in [0.4, 0.5) is 0 Å². The SMILES string of the molecule is CC(C)C(NC(=O)CO[PH](=O)O)(c1ccccc1)C(C)C. The number of carbonyl (C=O) groups excluding carboxylic acids is 1. The highest BCUT2D eigenvalue weighted by atomic mass is 31.1. The van der Waals surface area contributed by atoms with Crippen LogP contribution >= 0.6 is 8.25 Å². The lowest BCUT2D eigenvalue weighted by Gasteiger charge is -2.42. The first-order valence-corrected chi connectivity index (χ1v) is 8.29. The Morgan fingerprint density at radius 1 is 1.24 bits per heavy atom. The van der Waals surface area contributed by atoms with Gasteiger partial charge in [-0.3, -0.25) is 9.36 Å². The van der Waals surface area contributed by atoms with E-state index in [1.165, 1.54) is 0 Å². The molecule has 6 heteroatoms. The minimum Gasteiger partial charge on any atom is -0.344 e. The fourth-order valence-electron chi connectivity index (χ4n) is 2.80. The second kappa shape index (κ2) is 7.74. The van der Waals surface area contributed by atoms with Crippen molar-refractivity contribution in [2.75, 3.05) is 6.61 Å². The lowest BCUT2D eigenvalue weighted by atomic mass is 9.72. The molecular formula is C15H24NO4P. The van der Waals surface area contributed by atoms with Crippen LogP contribution in [0.1, 0.15) is 33.3 Å². The van der Waals surface area contributed by atoms with Crippen LogP contribution in [0.5, 0.6) is 0 Å². The monoisotopic (exact) mass is 313 g/mol. The van der Waals surface area contributed by atoms with Crippen molar-refractivity contribution in [2.45, 2.75) is 33.2 Å². The Morgan fingerprint density at radius 2 is 1.76 bits per heavy atom. The molecule has 0 aromatic heterocycles. The van der Waals surface area contributed by atoms with Gasteiger partial charge in [0.2, 0.25) is 5.91 Å². The van der Waals surface area contributed by atoms with Crippen LogP contribution in [0, 0.1) is 11.8 Å². The number of hydrogen-bond donors (Lipinski definition) is 2. The summed E-state index contributed by atoms with van der Waals surface area (Å²) in [6, 6.07) is 9.76. The number of benzene rings is 1. The van der Waals surface area contributed by atoms with Crippen molar-refractivity contribution in [3.05, 3.63) is 35.9 Å². The molecule has 1 atom stereocenters. The zero-order valence-corrected chi connectivity index (χ0v) is 13.9. The third-order valence-electron chi connectivity index (χ3n) is 3.75.